The summed E-state index contributed by atoms with van der Waals surface area (Å²) in [5.74, 6) is -1.78. The van der Waals surface area contributed by atoms with Gasteiger partial charge in [0.1, 0.15) is 0 Å². The SMILES string of the molecule is O=C(O[C@H](c1c2ccccc2cc2ccccc12)C(F)(F)F)[C@@H](F)Cl. The third kappa shape index (κ3) is 3.39. The van der Waals surface area contributed by atoms with Gasteiger partial charge in [0.25, 0.3) is 5.63 Å². The first-order valence-corrected chi connectivity index (χ1v) is 7.68. The molecule has 0 heterocycles. The topological polar surface area (TPSA) is 26.3 Å². The van der Waals surface area contributed by atoms with Crippen molar-refractivity contribution >= 4 is 39.1 Å². The van der Waals surface area contributed by atoms with Crippen LogP contribution in [-0.2, 0) is 9.53 Å². The predicted molar refractivity (Wildman–Crippen MR) is 87.1 cm³/mol. The second kappa shape index (κ2) is 6.52. The molecule has 0 amide bonds. The fraction of sp³-hybridized carbons (Fsp3) is 0.167. The molecule has 0 fully saturated rings. The van der Waals surface area contributed by atoms with Crippen LogP contribution in [0.4, 0.5) is 17.6 Å². The van der Waals surface area contributed by atoms with Gasteiger partial charge in [-0.1, -0.05) is 60.1 Å². The number of alkyl halides is 5. The highest BCUT2D eigenvalue weighted by molar-refractivity contribution is 6.28. The molecule has 3 aromatic rings. The molecular weight excluding hydrogens is 360 g/mol. The fourth-order valence-corrected chi connectivity index (χ4v) is 2.84. The van der Waals surface area contributed by atoms with Gasteiger partial charge in [-0.3, -0.25) is 0 Å². The van der Waals surface area contributed by atoms with E-state index in [-0.39, 0.29) is 16.3 Å². The van der Waals surface area contributed by atoms with Crippen LogP contribution in [0.15, 0.2) is 54.6 Å². The Balaban J connectivity index is 2.33. The van der Waals surface area contributed by atoms with Crippen LogP contribution < -0.4 is 0 Å². The molecule has 25 heavy (non-hydrogen) atoms. The predicted octanol–water partition coefficient (Wildman–Crippen LogP) is 5.67. The molecule has 0 aliphatic heterocycles. The van der Waals surface area contributed by atoms with E-state index >= 15 is 0 Å². The first-order valence-electron chi connectivity index (χ1n) is 7.25. The second-order valence-corrected chi connectivity index (χ2v) is 5.77. The number of esters is 1. The molecule has 0 aliphatic rings. The van der Waals surface area contributed by atoms with Gasteiger partial charge in [0.05, 0.1) is 0 Å². The standard InChI is InChI=1S/C18H11ClF4O2/c19-16(20)17(24)25-15(18(21,22)23)14-12-7-3-1-5-10(12)9-11-6-2-4-8-13(11)14/h1-9,15-16H/t15-,16-/m1/s1. The number of hydrogen-bond donors (Lipinski definition) is 0. The van der Waals surface area contributed by atoms with Gasteiger partial charge in [-0.05, 0) is 27.6 Å². The van der Waals surface area contributed by atoms with Crippen molar-refractivity contribution in [2.24, 2.45) is 0 Å². The van der Waals surface area contributed by atoms with E-state index < -0.39 is 23.9 Å². The Bertz CT molecular complexity index is 883. The molecule has 0 bridgehead atoms. The molecule has 7 heteroatoms. The maximum Gasteiger partial charge on any atom is 0.429 e. The number of fused-ring (bicyclic) bond motifs is 2. The van der Waals surface area contributed by atoms with Crippen molar-refractivity contribution < 1.29 is 27.1 Å². The number of rotatable bonds is 3. The lowest BCUT2D eigenvalue weighted by Crippen LogP contribution is -2.28. The van der Waals surface area contributed by atoms with Gasteiger partial charge in [-0.25, -0.2) is 9.18 Å². The summed E-state index contributed by atoms with van der Waals surface area (Å²) >= 11 is 4.94. The van der Waals surface area contributed by atoms with E-state index in [2.05, 4.69) is 4.74 Å². The lowest BCUT2D eigenvalue weighted by atomic mass is 9.93. The lowest BCUT2D eigenvalue weighted by molar-refractivity contribution is -0.224. The van der Waals surface area contributed by atoms with Crippen molar-refractivity contribution in [1.29, 1.82) is 0 Å². The summed E-state index contributed by atoms with van der Waals surface area (Å²) < 4.78 is 58.2. The van der Waals surface area contributed by atoms with Crippen LogP contribution in [0.1, 0.15) is 11.7 Å². The molecule has 0 radical (unpaired) electrons. The number of carbonyl (C=O) groups is 1. The van der Waals surface area contributed by atoms with Crippen molar-refractivity contribution in [1.82, 2.24) is 0 Å². The van der Waals surface area contributed by atoms with E-state index in [9.17, 15) is 22.4 Å². The van der Waals surface area contributed by atoms with Gasteiger partial charge in [0.2, 0.25) is 6.10 Å². The smallest absolute Gasteiger partial charge is 0.429 e. The molecule has 3 rings (SSSR count). The Morgan fingerprint density at radius 3 is 1.88 bits per heavy atom. The Kier molecular flexibility index (Phi) is 4.56. The summed E-state index contributed by atoms with van der Waals surface area (Å²) in [5, 5.41) is 1.62. The third-order valence-corrected chi connectivity index (χ3v) is 3.96. The third-order valence-electron chi connectivity index (χ3n) is 3.78. The Labute approximate surface area is 144 Å². The Morgan fingerprint density at radius 1 is 0.960 bits per heavy atom. The van der Waals surface area contributed by atoms with Crippen molar-refractivity contribution in [3.63, 3.8) is 0 Å². The number of carbonyl (C=O) groups excluding carboxylic acids is 1. The number of benzene rings is 3. The van der Waals surface area contributed by atoms with Gasteiger partial charge in [0, 0.05) is 5.56 Å². The quantitative estimate of drug-likeness (QED) is 0.257. The average Bonchev–Trinajstić information content (AvgIpc) is 2.56. The molecule has 0 spiro atoms. The molecular formula is C18H11ClF4O2. The number of ether oxygens (including phenoxy) is 1. The molecule has 0 saturated heterocycles. The highest BCUT2D eigenvalue weighted by Crippen LogP contribution is 2.43. The van der Waals surface area contributed by atoms with E-state index in [0.717, 1.165) is 0 Å². The van der Waals surface area contributed by atoms with Crippen LogP contribution in [0.3, 0.4) is 0 Å². The van der Waals surface area contributed by atoms with Crippen molar-refractivity contribution in [3.8, 4) is 0 Å². The van der Waals surface area contributed by atoms with E-state index in [1.165, 1.54) is 12.1 Å². The summed E-state index contributed by atoms with van der Waals surface area (Å²) in [6, 6.07) is 14.6. The summed E-state index contributed by atoms with van der Waals surface area (Å²) in [6.07, 6.45) is -7.57. The van der Waals surface area contributed by atoms with E-state index in [0.29, 0.717) is 10.8 Å². The van der Waals surface area contributed by atoms with Gasteiger partial charge in [-0.15, -0.1) is 0 Å². The zero-order valence-electron chi connectivity index (χ0n) is 12.6. The first kappa shape index (κ1) is 17.5. The van der Waals surface area contributed by atoms with Crippen molar-refractivity contribution in [2.75, 3.05) is 0 Å². The zero-order chi connectivity index (χ0) is 18.2. The maximum atomic E-state index is 13.6. The Morgan fingerprint density at radius 2 is 1.44 bits per heavy atom. The van der Waals surface area contributed by atoms with Crippen LogP contribution in [-0.4, -0.2) is 17.8 Å². The molecule has 0 N–H and O–H groups in total. The van der Waals surface area contributed by atoms with Crippen molar-refractivity contribution in [3.05, 3.63) is 60.2 Å². The maximum absolute atomic E-state index is 13.6. The molecule has 130 valence electrons. The van der Waals surface area contributed by atoms with Crippen LogP contribution in [0.2, 0.25) is 0 Å². The van der Waals surface area contributed by atoms with E-state index in [1.54, 1.807) is 42.5 Å². The molecule has 0 aliphatic carbocycles. The largest absolute Gasteiger partial charge is 0.445 e. The molecule has 0 unspecified atom stereocenters. The molecule has 2 atom stereocenters. The minimum absolute atomic E-state index is 0.244. The molecule has 3 aromatic carbocycles. The van der Waals surface area contributed by atoms with Crippen molar-refractivity contribution in [2.45, 2.75) is 17.9 Å². The van der Waals surface area contributed by atoms with Gasteiger partial charge >= 0.3 is 12.1 Å². The van der Waals surface area contributed by atoms with E-state index in [1.807, 2.05) is 0 Å². The number of hydrogen-bond acceptors (Lipinski definition) is 2. The van der Waals surface area contributed by atoms with Crippen LogP contribution >= 0.6 is 11.6 Å². The first-order chi connectivity index (χ1) is 11.8. The Hall–Kier alpha value is -2.34. The monoisotopic (exact) mass is 370 g/mol. The molecule has 0 aromatic heterocycles. The van der Waals surface area contributed by atoms with E-state index in [4.69, 9.17) is 11.6 Å². The van der Waals surface area contributed by atoms with Gasteiger partial charge in [0.15, 0.2) is 0 Å². The van der Waals surface area contributed by atoms with Gasteiger partial charge < -0.3 is 4.74 Å². The average molecular weight is 371 g/mol. The number of halogens is 5. The summed E-state index contributed by atoms with van der Waals surface area (Å²) in [7, 11) is 0. The lowest BCUT2D eigenvalue weighted by Gasteiger charge is -2.24. The summed E-state index contributed by atoms with van der Waals surface area (Å²) in [6.45, 7) is 0. The fourth-order valence-electron chi connectivity index (χ4n) is 2.79. The highest BCUT2D eigenvalue weighted by atomic mass is 35.5. The van der Waals surface area contributed by atoms with Crippen LogP contribution in [0.25, 0.3) is 21.5 Å². The summed E-state index contributed by atoms with van der Waals surface area (Å²) in [5.41, 5.74) is -2.92. The van der Waals surface area contributed by atoms with Crippen LogP contribution in [0, 0.1) is 0 Å². The highest BCUT2D eigenvalue weighted by Gasteiger charge is 2.46. The van der Waals surface area contributed by atoms with Crippen LogP contribution in [0.5, 0.6) is 0 Å². The zero-order valence-corrected chi connectivity index (χ0v) is 13.3. The normalized spacial score (nSPS) is 14.4. The molecule has 2 nitrogen and oxygen atoms in total. The minimum Gasteiger partial charge on any atom is -0.445 e. The minimum atomic E-state index is -4.94. The summed E-state index contributed by atoms with van der Waals surface area (Å²) in [4.78, 5) is 11.4. The molecule has 0 saturated carbocycles. The second-order valence-electron chi connectivity index (χ2n) is 5.39. The van der Waals surface area contributed by atoms with Gasteiger partial charge in [-0.2, -0.15) is 13.2 Å².